The molecule has 0 saturated carbocycles. The van der Waals surface area contributed by atoms with Crippen molar-refractivity contribution < 1.29 is 29.2 Å². The molecule has 12 rings (SSSR count). The smallest absolute Gasteiger partial charge is 0.368 e. The zero-order valence-electron chi connectivity index (χ0n) is 50.9. The van der Waals surface area contributed by atoms with Crippen molar-refractivity contribution in [2.24, 2.45) is 28.2 Å². The molecule has 33 nitrogen and oxygen atoms in total. The Balaban J connectivity index is 0.000000145. The lowest BCUT2D eigenvalue weighted by Gasteiger charge is -2.13. The topological polar surface area (TPSA) is 360 Å². The number of hydrogen-bond donors (Lipinski definition) is 0. The van der Waals surface area contributed by atoms with Crippen LogP contribution in [0.2, 0.25) is 0 Å². The lowest BCUT2D eigenvalue weighted by molar-refractivity contribution is 0.284. The van der Waals surface area contributed by atoms with Gasteiger partial charge in [-0.15, -0.1) is 6.42 Å². The van der Waals surface area contributed by atoms with Gasteiger partial charge in [-0.3, -0.25) is 19.9 Å². The fourth-order valence-electron chi connectivity index (χ4n) is 7.34. The van der Waals surface area contributed by atoms with E-state index in [2.05, 4.69) is 94.1 Å². The molecule has 37 heteroatoms. The van der Waals surface area contributed by atoms with Gasteiger partial charge in [-0.25, -0.2) is 39.1 Å². The number of tetrazole rings is 4. The molecule has 0 N–H and O–H groups in total. The minimum atomic E-state index is -0.426. The molecule has 88 heavy (non-hydrogen) atoms. The zero-order chi connectivity index (χ0) is 65.6. The van der Waals surface area contributed by atoms with Gasteiger partial charge in [0.2, 0.25) is 0 Å². The highest BCUT2D eigenvalue weighted by Gasteiger charge is 2.20. The number of hydrogen-bond acceptors (Lipinski definition) is 29. The second-order valence-electron chi connectivity index (χ2n) is 17.1. The molecule has 450 valence electrons. The van der Waals surface area contributed by atoms with Crippen LogP contribution in [0.3, 0.4) is 0 Å². The van der Waals surface area contributed by atoms with E-state index in [1.54, 1.807) is 52.4 Å². The summed E-state index contributed by atoms with van der Waals surface area (Å²) in [7, 11) is 6.04. The first-order valence-electron chi connectivity index (χ1n) is 27.1. The van der Waals surface area contributed by atoms with Crippen LogP contribution in [0.5, 0.6) is 26.5 Å². The molecule has 0 aliphatic carbocycles. The molecule has 0 saturated heterocycles. The summed E-state index contributed by atoms with van der Waals surface area (Å²) in [4.78, 5) is 80.2. The fourth-order valence-corrected chi connectivity index (χ4v) is 9.10. The molecule has 0 spiro atoms. The largest absolute Gasteiger partial charge is 0.492 e. The van der Waals surface area contributed by atoms with E-state index in [4.69, 9.17) is 35.6 Å². The van der Waals surface area contributed by atoms with E-state index >= 15 is 0 Å². The van der Waals surface area contributed by atoms with Gasteiger partial charge in [-0.05, 0) is 61.1 Å². The maximum absolute atomic E-state index is 12.1. The molecule has 12 aromatic heterocycles. The van der Waals surface area contributed by atoms with Crippen LogP contribution < -0.4 is 46.4 Å². The van der Waals surface area contributed by atoms with Gasteiger partial charge >= 0.3 is 22.8 Å². The lowest BCUT2D eigenvalue weighted by Crippen LogP contribution is -2.23. The first-order chi connectivity index (χ1) is 44.3. The summed E-state index contributed by atoms with van der Waals surface area (Å²) in [6.45, 7) is 8.37. The number of rotatable bonds is 19. The first-order valence-corrected chi connectivity index (χ1v) is 28.6. The number of nitrogens with zero attached hydrogens (tertiary/aromatic N) is 24. The van der Waals surface area contributed by atoms with Crippen molar-refractivity contribution in [2.75, 3.05) is 6.61 Å². The van der Waals surface area contributed by atoms with Crippen molar-refractivity contribution in [3.05, 3.63) is 183 Å². The summed E-state index contributed by atoms with van der Waals surface area (Å²) < 4.78 is 66.6. The van der Waals surface area contributed by atoms with Gasteiger partial charge in [-0.1, -0.05) is 63.9 Å². The third-order valence-electron chi connectivity index (χ3n) is 11.7. The van der Waals surface area contributed by atoms with Crippen molar-refractivity contribution in [1.29, 1.82) is 0 Å². The molecule has 0 fully saturated rings. The van der Waals surface area contributed by atoms with Gasteiger partial charge in [0.15, 0.2) is 0 Å². The molecule has 0 bridgehead atoms. The molecular formula is C51H48N24O9S4. The molecule has 0 aliphatic heterocycles. The summed E-state index contributed by atoms with van der Waals surface area (Å²) in [5.74, 6) is 2.99. The number of aromatic nitrogens is 24. The highest BCUT2D eigenvalue weighted by Crippen LogP contribution is 2.27. The number of ether oxygens (including phenoxy) is 5. The van der Waals surface area contributed by atoms with Crippen LogP contribution in [0.15, 0.2) is 122 Å². The number of terminal acetylenes is 1. The second kappa shape index (κ2) is 29.1. The van der Waals surface area contributed by atoms with Crippen molar-refractivity contribution >= 4 is 51.4 Å². The first kappa shape index (κ1) is 56.1. The van der Waals surface area contributed by atoms with Gasteiger partial charge in [0.25, 0.3) is 20.8 Å². The van der Waals surface area contributed by atoms with Gasteiger partial charge in [0, 0.05) is 115 Å². The highest BCUT2D eigenvalue weighted by atomic mass is 32.1. The normalized spacial score (nSPS) is 11.2. The van der Waals surface area contributed by atoms with E-state index in [9.17, 15) is 19.2 Å². The SMILES string of the molecule is [3H]c1csc(OCc2c(C#C)cncc2-n2nnn(C)c2=O)n1.[3H]c1csc(OCc2c(C)cncc2-n2nnn(C)c2=O)n1.[3H]c1csc(OCc2c(C=C)cncc2-n2nnn(C)c2=O)n1.[3H]c1csc(OCc2c(OCC)cncc2-n2nnn(C)c2=O)n1. The minimum Gasteiger partial charge on any atom is -0.492 e. The van der Waals surface area contributed by atoms with Gasteiger partial charge < -0.3 is 23.7 Å². The standard InChI is InChI=1S/C13H14N6O3S.C13H12N6O2S.C13H10N6O2S.C12H12N6O2S/c1-3-21-11-7-14-6-10(19-13(20)18(2)16-17-19)9(11)8-22-12-15-4-5-23-12;2*1-3-9-6-14-7-11(19-13(20)18(2)16-17-19)10(9)8-21-12-15-4-5-22-12;1-8-5-13-6-10(18-12(19)17(2)15-16-18)9(8)7-20-11-14-3-4-21-11/h4-7H,3,8H2,1-2H3;3-7H,1,8H2,2H3;1,4-7H,8H2,2H3;3-6H,7H2,1-2H3/i3*4T;3T. The zero-order valence-corrected chi connectivity index (χ0v) is 50.1. The van der Waals surface area contributed by atoms with Gasteiger partial charge in [0.05, 0.1) is 71.3 Å². The Morgan fingerprint density at radius 2 is 0.841 bits per heavy atom. The van der Waals surface area contributed by atoms with E-state index in [1.165, 1.54) is 103 Å². The van der Waals surface area contributed by atoms with Crippen LogP contribution in [-0.4, -0.2) is 126 Å². The van der Waals surface area contributed by atoms with E-state index in [0.29, 0.717) is 83.7 Å². The summed E-state index contributed by atoms with van der Waals surface area (Å²) in [6, 6.07) is 0. The second-order valence-corrected chi connectivity index (χ2v) is 20.4. The Morgan fingerprint density at radius 1 is 0.489 bits per heavy atom. The van der Waals surface area contributed by atoms with Crippen LogP contribution in [-0.2, 0) is 54.6 Å². The third-order valence-corrected chi connectivity index (χ3v) is 14.2. The van der Waals surface area contributed by atoms with Crippen LogP contribution in [0.25, 0.3) is 28.8 Å². The molecule has 0 unspecified atom stereocenters. The Kier molecular flexibility index (Phi) is 18.6. The average molecular weight is 1280 g/mol. The quantitative estimate of drug-likeness (QED) is 0.105. The molecule has 12 heterocycles. The fraction of sp³-hybridized carbons (Fsp3) is 0.216. The van der Waals surface area contributed by atoms with E-state index < -0.39 is 17.1 Å². The number of thiazole rings is 4. The number of aryl methyl sites for hydroxylation is 5. The molecule has 0 aliphatic rings. The predicted molar refractivity (Wildman–Crippen MR) is 317 cm³/mol. The minimum absolute atomic E-state index is 0.0629. The van der Waals surface area contributed by atoms with E-state index in [1.807, 2.05) is 13.8 Å². The summed E-state index contributed by atoms with van der Waals surface area (Å²) in [5.41, 5.74) is 4.84. The summed E-state index contributed by atoms with van der Waals surface area (Å²) in [6.07, 6.45) is 20.1. The van der Waals surface area contributed by atoms with E-state index in [-0.39, 0.29) is 56.8 Å². The summed E-state index contributed by atoms with van der Waals surface area (Å²) in [5, 5.41) is 37.8. The van der Waals surface area contributed by atoms with Crippen molar-refractivity contribution in [2.45, 2.75) is 40.3 Å². The number of pyridine rings is 4. The third kappa shape index (κ3) is 14.5. The van der Waals surface area contributed by atoms with Gasteiger partial charge in [0.1, 0.15) is 37.9 Å². The maximum atomic E-state index is 12.1. The molecule has 12 aromatic rings. The molecule has 0 radical (unpaired) electrons. The predicted octanol–water partition coefficient (Wildman–Crippen LogP) is 2.92. The Hall–Kier alpha value is -11.1. The average Bonchev–Trinajstić information content (AvgIpc) is 1.67. The highest BCUT2D eigenvalue weighted by molar-refractivity contribution is 7.12. The van der Waals surface area contributed by atoms with Gasteiger partial charge in [-0.2, -0.15) is 37.5 Å². The Morgan fingerprint density at radius 3 is 1.22 bits per heavy atom. The van der Waals surface area contributed by atoms with E-state index in [0.717, 1.165) is 43.9 Å². The molecule has 0 amide bonds. The van der Waals surface area contributed by atoms with Crippen LogP contribution >= 0.6 is 45.3 Å². The van der Waals surface area contributed by atoms with Crippen LogP contribution in [0.1, 0.15) is 51.4 Å². The molecule has 0 aromatic carbocycles. The maximum Gasteiger partial charge on any atom is 0.368 e. The van der Waals surface area contributed by atoms with Crippen molar-refractivity contribution in [3.63, 3.8) is 0 Å². The summed E-state index contributed by atoms with van der Waals surface area (Å²) >= 11 is 4.90. The molecule has 0 atom stereocenters. The van der Waals surface area contributed by atoms with Crippen molar-refractivity contribution in [3.8, 4) is 61.6 Å². The Bertz CT molecular complexity index is 4840. The van der Waals surface area contributed by atoms with Crippen LogP contribution in [0, 0.1) is 19.3 Å². The lowest BCUT2D eigenvalue weighted by atomic mass is 10.1. The monoisotopic (exact) mass is 1280 g/mol. The van der Waals surface area contributed by atoms with Crippen molar-refractivity contribution in [1.82, 2.24) is 119 Å². The van der Waals surface area contributed by atoms with Crippen LogP contribution in [0.4, 0.5) is 0 Å². The molecular weight excluding hydrogens is 1220 g/mol. The Labute approximate surface area is 517 Å².